The molecule has 0 bridgehead atoms. The third-order valence-corrected chi connectivity index (χ3v) is 4.47. The molecule has 0 aromatic carbocycles. The summed E-state index contributed by atoms with van der Waals surface area (Å²) in [5, 5.41) is 20.9. The number of hydrogen-bond acceptors (Lipinski definition) is 4. The van der Waals surface area contributed by atoms with Gasteiger partial charge in [-0.05, 0) is 25.5 Å². The molecule has 1 amide bonds. The second kappa shape index (κ2) is 4.37. The van der Waals surface area contributed by atoms with Crippen LogP contribution in [0.25, 0.3) is 0 Å². The molecule has 0 saturated heterocycles. The molecule has 2 rings (SSSR count). The summed E-state index contributed by atoms with van der Waals surface area (Å²) in [6.45, 7) is 3.82. The molecule has 98 valence electrons. The molecule has 0 aliphatic heterocycles. The number of carboxylic acid groups (broad SMARTS) is 1. The van der Waals surface area contributed by atoms with Crippen LogP contribution in [0.5, 0.6) is 0 Å². The van der Waals surface area contributed by atoms with E-state index in [1.165, 1.54) is 11.3 Å². The number of thiophene rings is 1. The topological polar surface area (TPSA) is 86.6 Å². The van der Waals surface area contributed by atoms with Crippen LogP contribution in [0.15, 0.2) is 6.07 Å². The predicted molar refractivity (Wildman–Crippen MR) is 66.9 cm³/mol. The molecule has 1 aromatic rings. The molecule has 0 atom stereocenters. The predicted octanol–water partition coefficient (Wildman–Crippen LogP) is 1.07. The minimum Gasteiger partial charge on any atom is -0.480 e. The highest BCUT2D eigenvalue weighted by Crippen LogP contribution is 2.33. The van der Waals surface area contributed by atoms with Crippen molar-refractivity contribution in [2.24, 2.45) is 0 Å². The van der Waals surface area contributed by atoms with Gasteiger partial charge in [0.1, 0.15) is 5.54 Å². The highest BCUT2D eigenvalue weighted by Gasteiger charge is 2.51. The molecule has 1 aliphatic rings. The van der Waals surface area contributed by atoms with Crippen molar-refractivity contribution in [1.29, 1.82) is 0 Å². The number of hydrogen-bond donors (Lipinski definition) is 3. The van der Waals surface area contributed by atoms with Gasteiger partial charge in [0.15, 0.2) is 0 Å². The lowest BCUT2D eigenvalue weighted by atomic mass is 9.74. The summed E-state index contributed by atoms with van der Waals surface area (Å²) in [4.78, 5) is 24.7. The molecule has 1 aromatic heterocycles. The number of carbonyl (C=O) groups excluding carboxylic acids is 1. The Morgan fingerprint density at radius 3 is 2.44 bits per heavy atom. The first-order valence-electron chi connectivity index (χ1n) is 5.65. The molecule has 6 heteroatoms. The van der Waals surface area contributed by atoms with E-state index in [1.54, 1.807) is 6.07 Å². The van der Waals surface area contributed by atoms with Crippen LogP contribution in [0.2, 0.25) is 0 Å². The van der Waals surface area contributed by atoms with Crippen LogP contribution in [0.4, 0.5) is 0 Å². The summed E-state index contributed by atoms with van der Waals surface area (Å²) in [7, 11) is 0. The van der Waals surface area contributed by atoms with Crippen molar-refractivity contribution in [3.8, 4) is 0 Å². The third-order valence-electron chi connectivity index (χ3n) is 3.32. The molecule has 1 aliphatic carbocycles. The summed E-state index contributed by atoms with van der Waals surface area (Å²) in [5.41, 5.74) is -0.286. The van der Waals surface area contributed by atoms with Crippen molar-refractivity contribution in [3.63, 3.8) is 0 Å². The third kappa shape index (κ3) is 2.13. The highest BCUT2D eigenvalue weighted by atomic mass is 32.1. The van der Waals surface area contributed by atoms with E-state index in [0.29, 0.717) is 4.88 Å². The Morgan fingerprint density at radius 2 is 2.06 bits per heavy atom. The van der Waals surface area contributed by atoms with E-state index in [1.807, 2.05) is 13.8 Å². The van der Waals surface area contributed by atoms with Gasteiger partial charge < -0.3 is 15.5 Å². The number of aryl methyl sites for hydroxylation is 2. The van der Waals surface area contributed by atoms with E-state index >= 15 is 0 Å². The minimum atomic E-state index is -1.30. The molecule has 5 nitrogen and oxygen atoms in total. The number of rotatable bonds is 3. The largest absolute Gasteiger partial charge is 0.480 e. The normalized spacial score (nSPS) is 26.5. The van der Waals surface area contributed by atoms with Gasteiger partial charge in [-0.3, -0.25) is 4.79 Å². The number of aliphatic hydroxyl groups excluding tert-OH is 1. The molecule has 0 unspecified atom stereocenters. The van der Waals surface area contributed by atoms with Crippen LogP contribution in [-0.2, 0) is 4.79 Å². The fraction of sp³-hybridized carbons (Fsp3) is 0.500. The highest BCUT2D eigenvalue weighted by molar-refractivity contribution is 7.14. The monoisotopic (exact) mass is 269 g/mol. The Morgan fingerprint density at radius 1 is 1.44 bits per heavy atom. The first-order valence-corrected chi connectivity index (χ1v) is 6.47. The Kier molecular flexibility index (Phi) is 3.16. The Hall–Kier alpha value is -1.40. The average molecular weight is 269 g/mol. The fourth-order valence-electron chi connectivity index (χ4n) is 2.04. The summed E-state index contributed by atoms with van der Waals surface area (Å²) < 4.78 is 0. The number of carboxylic acids is 1. The first-order chi connectivity index (χ1) is 8.34. The smallest absolute Gasteiger partial charge is 0.329 e. The van der Waals surface area contributed by atoms with Crippen molar-refractivity contribution in [2.45, 2.75) is 38.3 Å². The quantitative estimate of drug-likeness (QED) is 0.766. The average Bonchev–Trinajstić information content (AvgIpc) is 2.56. The van der Waals surface area contributed by atoms with E-state index in [-0.39, 0.29) is 18.7 Å². The van der Waals surface area contributed by atoms with Gasteiger partial charge in [-0.1, -0.05) is 0 Å². The van der Waals surface area contributed by atoms with Gasteiger partial charge in [-0.2, -0.15) is 0 Å². The van der Waals surface area contributed by atoms with Crippen LogP contribution < -0.4 is 5.32 Å². The maximum Gasteiger partial charge on any atom is 0.329 e. The Bertz CT molecular complexity index is 483. The van der Waals surface area contributed by atoms with Crippen LogP contribution in [-0.4, -0.2) is 33.7 Å². The van der Waals surface area contributed by atoms with Crippen LogP contribution in [0, 0.1) is 13.8 Å². The van der Waals surface area contributed by atoms with E-state index in [0.717, 1.165) is 10.4 Å². The van der Waals surface area contributed by atoms with Gasteiger partial charge in [-0.25, -0.2) is 4.79 Å². The van der Waals surface area contributed by atoms with Crippen LogP contribution in [0.3, 0.4) is 0 Å². The van der Waals surface area contributed by atoms with E-state index < -0.39 is 17.6 Å². The molecule has 3 N–H and O–H groups in total. The van der Waals surface area contributed by atoms with Crippen LogP contribution in [0.1, 0.15) is 33.0 Å². The van der Waals surface area contributed by atoms with Gasteiger partial charge in [0.05, 0.1) is 11.0 Å². The van der Waals surface area contributed by atoms with Gasteiger partial charge >= 0.3 is 5.97 Å². The molecular weight excluding hydrogens is 254 g/mol. The lowest BCUT2D eigenvalue weighted by molar-refractivity contribution is -0.153. The Balaban J connectivity index is 2.13. The van der Waals surface area contributed by atoms with E-state index in [4.69, 9.17) is 5.11 Å². The molecule has 18 heavy (non-hydrogen) atoms. The lowest BCUT2D eigenvalue weighted by Gasteiger charge is -2.41. The van der Waals surface area contributed by atoms with Crippen molar-refractivity contribution < 1.29 is 19.8 Å². The second-order valence-electron chi connectivity index (χ2n) is 4.75. The summed E-state index contributed by atoms with van der Waals surface area (Å²) in [6, 6.07) is 1.75. The lowest BCUT2D eigenvalue weighted by Crippen LogP contribution is -2.64. The summed E-state index contributed by atoms with van der Waals surface area (Å²) in [6.07, 6.45) is -0.511. The second-order valence-corrected chi connectivity index (χ2v) is 6.01. The maximum absolute atomic E-state index is 12.0. The maximum atomic E-state index is 12.0. The van der Waals surface area contributed by atoms with Crippen molar-refractivity contribution in [1.82, 2.24) is 5.32 Å². The molecular formula is C12H15NO4S. The molecule has 0 spiro atoms. The van der Waals surface area contributed by atoms with Crippen molar-refractivity contribution in [3.05, 3.63) is 21.4 Å². The fourth-order valence-corrected chi connectivity index (χ4v) is 2.97. The molecule has 1 saturated carbocycles. The van der Waals surface area contributed by atoms with Gasteiger partial charge in [-0.15, -0.1) is 11.3 Å². The molecule has 1 heterocycles. The standard InChI is InChI=1S/C12H15NO4S/c1-6-3-9(18-7(6)2)10(15)13-12(11(16)17)4-8(14)5-12/h3,8,14H,4-5H2,1-2H3,(H,13,15)(H,16,17). The zero-order valence-electron chi connectivity index (χ0n) is 10.2. The van der Waals surface area contributed by atoms with E-state index in [2.05, 4.69) is 5.32 Å². The number of aliphatic carboxylic acids is 1. The number of carbonyl (C=O) groups is 2. The minimum absolute atomic E-state index is 0.0669. The molecule has 1 fully saturated rings. The number of aliphatic hydroxyl groups is 1. The summed E-state index contributed by atoms with van der Waals surface area (Å²) >= 11 is 1.34. The first kappa shape index (κ1) is 13.0. The van der Waals surface area contributed by atoms with E-state index in [9.17, 15) is 14.7 Å². The van der Waals surface area contributed by atoms with Crippen molar-refractivity contribution >= 4 is 23.2 Å². The van der Waals surface area contributed by atoms with Gasteiger partial charge in [0, 0.05) is 17.7 Å². The van der Waals surface area contributed by atoms with Crippen LogP contribution >= 0.6 is 11.3 Å². The van der Waals surface area contributed by atoms with Gasteiger partial charge in [0.2, 0.25) is 0 Å². The van der Waals surface area contributed by atoms with Gasteiger partial charge in [0.25, 0.3) is 5.91 Å². The molecule has 0 radical (unpaired) electrons. The SMILES string of the molecule is Cc1cc(C(=O)NC2(C(=O)O)CC(O)C2)sc1C. The number of amides is 1. The number of nitrogens with one attached hydrogen (secondary N) is 1. The Labute approximate surface area is 108 Å². The zero-order valence-corrected chi connectivity index (χ0v) is 11.0. The summed E-state index contributed by atoms with van der Waals surface area (Å²) in [5.74, 6) is -1.48. The zero-order chi connectivity index (χ0) is 13.5. The van der Waals surface area contributed by atoms with Crippen molar-refractivity contribution in [2.75, 3.05) is 0 Å².